The molecule has 1 aromatic heterocycles. The van der Waals surface area contributed by atoms with Crippen LogP contribution in [0.25, 0.3) is 0 Å². The Kier molecular flexibility index (Phi) is 4.19. The Labute approximate surface area is 118 Å². The number of carboxylic acid groups (broad SMARTS) is 1. The van der Waals surface area contributed by atoms with E-state index in [1.165, 1.54) is 12.1 Å². The maximum atomic E-state index is 11.1. The van der Waals surface area contributed by atoms with Crippen LogP contribution in [0.4, 0.5) is 0 Å². The first-order chi connectivity index (χ1) is 9.08. The number of ether oxygens (including phenoxy) is 1. The van der Waals surface area contributed by atoms with E-state index in [0.717, 1.165) is 0 Å². The molecule has 0 radical (unpaired) electrons. The normalized spacial score (nSPS) is 10.2. The van der Waals surface area contributed by atoms with Gasteiger partial charge < -0.3 is 9.84 Å². The van der Waals surface area contributed by atoms with Crippen LogP contribution in [-0.2, 0) is 6.61 Å². The molecular formula is C12H8Cl2N2O3. The van der Waals surface area contributed by atoms with Crippen LogP contribution in [-0.4, -0.2) is 21.0 Å². The predicted molar refractivity (Wildman–Crippen MR) is 69.8 cm³/mol. The van der Waals surface area contributed by atoms with Gasteiger partial charge in [0.2, 0.25) is 0 Å². The number of aromatic carboxylic acids is 1. The van der Waals surface area contributed by atoms with Crippen LogP contribution in [0.5, 0.6) is 5.75 Å². The summed E-state index contributed by atoms with van der Waals surface area (Å²) < 4.78 is 5.37. The molecule has 2 aromatic rings. The summed E-state index contributed by atoms with van der Waals surface area (Å²) in [5.74, 6) is -0.704. The van der Waals surface area contributed by atoms with Crippen molar-refractivity contribution < 1.29 is 14.6 Å². The molecule has 0 aliphatic heterocycles. The SMILES string of the molecule is O=C(O)c1cc(Cl)cc(Cl)c1OCc1ncccn1. The zero-order chi connectivity index (χ0) is 13.8. The maximum Gasteiger partial charge on any atom is 0.339 e. The van der Waals surface area contributed by atoms with Gasteiger partial charge in [0, 0.05) is 17.4 Å². The van der Waals surface area contributed by atoms with Crippen LogP contribution in [0.3, 0.4) is 0 Å². The van der Waals surface area contributed by atoms with E-state index in [0.29, 0.717) is 5.82 Å². The van der Waals surface area contributed by atoms with Gasteiger partial charge in [-0.25, -0.2) is 14.8 Å². The van der Waals surface area contributed by atoms with E-state index in [1.807, 2.05) is 0 Å². The predicted octanol–water partition coefficient (Wildman–Crippen LogP) is 3.06. The highest BCUT2D eigenvalue weighted by atomic mass is 35.5. The Morgan fingerprint density at radius 1 is 1.26 bits per heavy atom. The quantitative estimate of drug-likeness (QED) is 0.939. The summed E-state index contributed by atoms with van der Waals surface area (Å²) in [6, 6.07) is 4.36. The van der Waals surface area contributed by atoms with Crippen LogP contribution in [0.2, 0.25) is 10.0 Å². The number of hydrogen-bond acceptors (Lipinski definition) is 4. The van der Waals surface area contributed by atoms with Crippen molar-refractivity contribution >= 4 is 29.2 Å². The van der Waals surface area contributed by atoms with Crippen LogP contribution in [0, 0.1) is 0 Å². The van der Waals surface area contributed by atoms with E-state index >= 15 is 0 Å². The minimum atomic E-state index is -1.17. The Morgan fingerprint density at radius 3 is 2.58 bits per heavy atom. The average Bonchev–Trinajstić information content (AvgIpc) is 2.38. The Bertz CT molecular complexity index is 605. The molecule has 0 spiro atoms. The highest BCUT2D eigenvalue weighted by Gasteiger charge is 2.17. The zero-order valence-corrected chi connectivity index (χ0v) is 11.0. The molecule has 0 unspecified atom stereocenters. The second-order valence-corrected chi connectivity index (χ2v) is 4.37. The number of benzene rings is 1. The van der Waals surface area contributed by atoms with Crippen molar-refractivity contribution in [2.24, 2.45) is 0 Å². The van der Waals surface area contributed by atoms with Gasteiger partial charge >= 0.3 is 5.97 Å². The number of carboxylic acids is 1. The van der Waals surface area contributed by atoms with Crippen molar-refractivity contribution in [2.75, 3.05) is 0 Å². The van der Waals surface area contributed by atoms with Gasteiger partial charge in [0.1, 0.15) is 12.2 Å². The van der Waals surface area contributed by atoms with Crippen LogP contribution < -0.4 is 4.74 Å². The standard InChI is InChI=1S/C12H8Cl2N2O3/c13-7-4-8(12(17)18)11(9(14)5-7)19-6-10-15-2-1-3-16-10/h1-5H,6H2,(H,17,18). The molecule has 1 heterocycles. The second-order valence-electron chi connectivity index (χ2n) is 3.52. The monoisotopic (exact) mass is 298 g/mol. The largest absolute Gasteiger partial charge is 0.483 e. The summed E-state index contributed by atoms with van der Waals surface area (Å²) in [4.78, 5) is 19.0. The number of rotatable bonds is 4. The molecule has 0 aliphatic rings. The summed E-state index contributed by atoms with van der Waals surface area (Å²) in [7, 11) is 0. The molecule has 0 saturated carbocycles. The number of aromatic nitrogens is 2. The molecule has 0 fully saturated rings. The summed E-state index contributed by atoms with van der Waals surface area (Å²) in [6.07, 6.45) is 3.13. The van der Waals surface area contributed by atoms with E-state index in [1.54, 1.807) is 18.5 Å². The molecule has 0 saturated heterocycles. The van der Waals surface area contributed by atoms with E-state index in [4.69, 9.17) is 33.0 Å². The molecule has 19 heavy (non-hydrogen) atoms. The fourth-order valence-electron chi connectivity index (χ4n) is 1.41. The lowest BCUT2D eigenvalue weighted by Crippen LogP contribution is -2.06. The van der Waals surface area contributed by atoms with Crippen molar-refractivity contribution in [3.05, 3.63) is 52.0 Å². The third-order valence-electron chi connectivity index (χ3n) is 2.20. The lowest BCUT2D eigenvalue weighted by atomic mass is 10.2. The smallest absolute Gasteiger partial charge is 0.339 e. The molecular weight excluding hydrogens is 291 g/mol. The minimum Gasteiger partial charge on any atom is -0.483 e. The van der Waals surface area contributed by atoms with Gasteiger partial charge in [0.15, 0.2) is 11.6 Å². The summed E-state index contributed by atoms with van der Waals surface area (Å²) >= 11 is 11.7. The number of nitrogens with zero attached hydrogens (tertiary/aromatic N) is 2. The van der Waals surface area contributed by atoms with Gasteiger partial charge in [-0.1, -0.05) is 23.2 Å². The van der Waals surface area contributed by atoms with Crippen LogP contribution >= 0.6 is 23.2 Å². The zero-order valence-electron chi connectivity index (χ0n) is 9.51. The van der Waals surface area contributed by atoms with Gasteiger partial charge in [-0.3, -0.25) is 0 Å². The summed E-state index contributed by atoms with van der Waals surface area (Å²) in [6.45, 7) is 0.0163. The van der Waals surface area contributed by atoms with E-state index in [2.05, 4.69) is 9.97 Å². The van der Waals surface area contributed by atoms with Gasteiger partial charge in [0.05, 0.1) is 5.02 Å². The van der Waals surface area contributed by atoms with Gasteiger partial charge in [-0.2, -0.15) is 0 Å². The molecule has 1 N–H and O–H groups in total. The number of halogens is 2. The van der Waals surface area contributed by atoms with E-state index < -0.39 is 5.97 Å². The fraction of sp³-hybridized carbons (Fsp3) is 0.0833. The third kappa shape index (κ3) is 3.33. The van der Waals surface area contributed by atoms with Crippen molar-refractivity contribution in [3.8, 4) is 5.75 Å². The summed E-state index contributed by atoms with van der Waals surface area (Å²) in [5.41, 5.74) is -0.103. The van der Waals surface area contributed by atoms with Gasteiger partial charge in [0.25, 0.3) is 0 Å². The van der Waals surface area contributed by atoms with Crippen molar-refractivity contribution in [1.82, 2.24) is 9.97 Å². The summed E-state index contributed by atoms with van der Waals surface area (Å²) in [5, 5.41) is 9.44. The van der Waals surface area contributed by atoms with E-state index in [9.17, 15) is 4.79 Å². The molecule has 0 aliphatic carbocycles. The first-order valence-corrected chi connectivity index (χ1v) is 5.94. The fourth-order valence-corrected chi connectivity index (χ4v) is 1.96. The Balaban J connectivity index is 2.27. The maximum absolute atomic E-state index is 11.1. The first-order valence-electron chi connectivity index (χ1n) is 5.19. The Hall–Kier alpha value is -1.85. The molecule has 5 nitrogen and oxygen atoms in total. The molecule has 7 heteroatoms. The second kappa shape index (κ2) is 5.86. The van der Waals surface area contributed by atoms with Crippen molar-refractivity contribution in [1.29, 1.82) is 0 Å². The number of carbonyl (C=O) groups is 1. The molecule has 1 aromatic carbocycles. The van der Waals surface area contributed by atoms with Gasteiger partial charge in [-0.15, -0.1) is 0 Å². The average molecular weight is 299 g/mol. The Morgan fingerprint density at radius 2 is 1.95 bits per heavy atom. The topological polar surface area (TPSA) is 72.3 Å². The lowest BCUT2D eigenvalue weighted by Gasteiger charge is -2.10. The highest BCUT2D eigenvalue weighted by molar-refractivity contribution is 6.36. The lowest BCUT2D eigenvalue weighted by molar-refractivity contribution is 0.0691. The molecule has 0 bridgehead atoms. The van der Waals surface area contributed by atoms with Crippen LogP contribution in [0.1, 0.15) is 16.2 Å². The third-order valence-corrected chi connectivity index (χ3v) is 2.70. The minimum absolute atomic E-state index is 0.0163. The number of hydrogen-bond donors (Lipinski definition) is 1. The van der Waals surface area contributed by atoms with Crippen LogP contribution in [0.15, 0.2) is 30.6 Å². The van der Waals surface area contributed by atoms with Crippen molar-refractivity contribution in [2.45, 2.75) is 6.61 Å². The van der Waals surface area contributed by atoms with E-state index in [-0.39, 0.29) is 28.0 Å². The molecule has 0 atom stereocenters. The molecule has 2 rings (SSSR count). The molecule has 98 valence electrons. The molecule has 0 amide bonds. The van der Waals surface area contributed by atoms with Gasteiger partial charge in [-0.05, 0) is 18.2 Å². The first kappa shape index (κ1) is 13.6. The highest BCUT2D eigenvalue weighted by Crippen LogP contribution is 2.32. The van der Waals surface area contributed by atoms with Crippen molar-refractivity contribution in [3.63, 3.8) is 0 Å².